The fourth-order valence-corrected chi connectivity index (χ4v) is 1.25. The van der Waals surface area contributed by atoms with Crippen molar-refractivity contribution in [3.8, 4) is 0 Å². The van der Waals surface area contributed by atoms with Crippen LogP contribution in [-0.2, 0) is 0 Å². The Kier molecular flexibility index (Phi) is 6.20. The monoisotopic (exact) mass is 226 g/mol. The topological polar surface area (TPSA) is 29.3 Å². The SMILES string of the molecule is CC(CN)CCN(CC(F)(F)F)C(C)C. The van der Waals surface area contributed by atoms with E-state index in [-0.39, 0.29) is 12.0 Å². The molecule has 0 spiro atoms. The van der Waals surface area contributed by atoms with Crippen LogP contribution in [-0.4, -0.2) is 36.8 Å². The Labute approximate surface area is 89.6 Å². The zero-order chi connectivity index (χ0) is 12.1. The van der Waals surface area contributed by atoms with Gasteiger partial charge in [-0.25, -0.2) is 0 Å². The predicted molar refractivity (Wildman–Crippen MR) is 55.6 cm³/mol. The number of nitrogens with two attached hydrogens (primary N) is 1. The first-order valence-corrected chi connectivity index (χ1v) is 5.27. The van der Waals surface area contributed by atoms with Crippen LogP contribution in [0, 0.1) is 5.92 Å². The van der Waals surface area contributed by atoms with E-state index in [0.717, 1.165) is 0 Å². The van der Waals surface area contributed by atoms with Crippen molar-refractivity contribution in [1.29, 1.82) is 0 Å². The molecule has 5 heteroatoms. The standard InChI is InChI=1S/C10H21F3N2/c1-8(2)15(7-10(11,12)13)5-4-9(3)6-14/h8-9H,4-7,14H2,1-3H3. The van der Waals surface area contributed by atoms with Gasteiger partial charge in [0, 0.05) is 6.04 Å². The van der Waals surface area contributed by atoms with Crippen molar-refractivity contribution in [2.24, 2.45) is 11.7 Å². The molecule has 0 bridgehead atoms. The summed E-state index contributed by atoms with van der Waals surface area (Å²) in [6.07, 6.45) is -3.40. The van der Waals surface area contributed by atoms with Crippen molar-refractivity contribution < 1.29 is 13.2 Å². The Morgan fingerprint density at radius 3 is 2.07 bits per heavy atom. The van der Waals surface area contributed by atoms with E-state index in [0.29, 0.717) is 19.5 Å². The fourth-order valence-electron chi connectivity index (χ4n) is 1.25. The van der Waals surface area contributed by atoms with Crippen molar-refractivity contribution in [3.63, 3.8) is 0 Å². The molecule has 2 N–H and O–H groups in total. The van der Waals surface area contributed by atoms with Crippen LogP contribution in [0.2, 0.25) is 0 Å². The van der Waals surface area contributed by atoms with E-state index in [4.69, 9.17) is 5.73 Å². The molecule has 1 unspecified atom stereocenters. The van der Waals surface area contributed by atoms with E-state index in [1.165, 1.54) is 4.90 Å². The molecule has 0 fully saturated rings. The van der Waals surface area contributed by atoms with E-state index < -0.39 is 12.7 Å². The number of hydrogen-bond acceptors (Lipinski definition) is 2. The summed E-state index contributed by atoms with van der Waals surface area (Å²) >= 11 is 0. The molecule has 0 saturated heterocycles. The van der Waals surface area contributed by atoms with Crippen molar-refractivity contribution in [1.82, 2.24) is 4.90 Å². The van der Waals surface area contributed by atoms with Gasteiger partial charge in [-0.2, -0.15) is 13.2 Å². The minimum Gasteiger partial charge on any atom is -0.330 e. The molecule has 92 valence electrons. The molecule has 0 aromatic rings. The van der Waals surface area contributed by atoms with Gasteiger partial charge in [-0.3, -0.25) is 4.90 Å². The molecule has 0 heterocycles. The summed E-state index contributed by atoms with van der Waals surface area (Å²) in [6, 6.07) is -0.0865. The highest BCUT2D eigenvalue weighted by molar-refractivity contribution is 4.68. The summed E-state index contributed by atoms with van der Waals surface area (Å²) in [5.74, 6) is 0.277. The molecule has 1 atom stereocenters. The van der Waals surface area contributed by atoms with E-state index in [2.05, 4.69) is 0 Å². The Morgan fingerprint density at radius 2 is 1.73 bits per heavy atom. The minimum atomic E-state index is -4.11. The summed E-state index contributed by atoms with van der Waals surface area (Å²) in [5.41, 5.74) is 5.42. The summed E-state index contributed by atoms with van der Waals surface area (Å²) in [4.78, 5) is 1.44. The summed E-state index contributed by atoms with van der Waals surface area (Å²) in [5, 5.41) is 0. The van der Waals surface area contributed by atoms with Gasteiger partial charge in [0.25, 0.3) is 0 Å². The van der Waals surface area contributed by atoms with Gasteiger partial charge >= 0.3 is 6.18 Å². The average Bonchev–Trinajstić information content (AvgIpc) is 2.09. The van der Waals surface area contributed by atoms with Gasteiger partial charge in [0.05, 0.1) is 6.54 Å². The molecule has 0 aliphatic heterocycles. The second-order valence-electron chi connectivity index (χ2n) is 4.31. The van der Waals surface area contributed by atoms with Crippen LogP contribution in [0.4, 0.5) is 13.2 Å². The Hall–Kier alpha value is -0.290. The van der Waals surface area contributed by atoms with Crippen LogP contribution < -0.4 is 5.73 Å². The van der Waals surface area contributed by atoms with Gasteiger partial charge in [-0.15, -0.1) is 0 Å². The zero-order valence-electron chi connectivity index (χ0n) is 9.64. The first-order chi connectivity index (χ1) is 6.76. The summed E-state index contributed by atoms with van der Waals surface area (Å²) in [7, 11) is 0. The predicted octanol–water partition coefficient (Wildman–Crippen LogP) is 2.24. The molecule has 0 aromatic carbocycles. The van der Waals surface area contributed by atoms with Crippen molar-refractivity contribution >= 4 is 0 Å². The molecule has 0 saturated carbocycles. The van der Waals surface area contributed by atoms with Gasteiger partial charge in [0.15, 0.2) is 0 Å². The minimum absolute atomic E-state index is 0.0865. The average molecular weight is 226 g/mol. The van der Waals surface area contributed by atoms with Crippen molar-refractivity contribution in [3.05, 3.63) is 0 Å². The third-order valence-electron chi connectivity index (χ3n) is 2.42. The molecule has 0 aliphatic carbocycles. The zero-order valence-corrected chi connectivity index (χ0v) is 9.64. The maximum atomic E-state index is 12.2. The first-order valence-electron chi connectivity index (χ1n) is 5.27. The highest BCUT2D eigenvalue weighted by Crippen LogP contribution is 2.18. The van der Waals surface area contributed by atoms with Crippen molar-refractivity contribution in [2.45, 2.75) is 39.4 Å². The maximum absolute atomic E-state index is 12.2. The number of rotatable bonds is 6. The van der Waals surface area contributed by atoms with Crippen LogP contribution in [0.3, 0.4) is 0 Å². The Balaban J connectivity index is 4.06. The quantitative estimate of drug-likeness (QED) is 0.752. The second-order valence-corrected chi connectivity index (χ2v) is 4.31. The van der Waals surface area contributed by atoms with Gasteiger partial charge in [0.2, 0.25) is 0 Å². The van der Waals surface area contributed by atoms with Crippen molar-refractivity contribution in [2.75, 3.05) is 19.6 Å². The third kappa shape index (κ3) is 7.62. The molecule has 2 nitrogen and oxygen atoms in total. The lowest BCUT2D eigenvalue weighted by Gasteiger charge is -2.28. The Morgan fingerprint density at radius 1 is 1.20 bits per heavy atom. The summed E-state index contributed by atoms with van der Waals surface area (Å²) in [6.45, 7) is 5.65. The highest BCUT2D eigenvalue weighted by Gasteiger charge is 2.31. The van der Waals surface area contributed by atoms with Gasteiger partial charge in [-0.1, -0.05) is 6.92 Å². The van der Waals surface area contributed by atoms with Crippen LogP contribution in [0.5, 0.6) is 0 Å². The lowest BCUT2D eigenvalue weighted by molar-refractivity contribution is -0.149. The van der Waals surface area contributed by atoms with Crippen LogP contribution in [0.25, 0.3) is 0 Å². The Bertz CT molecular complexity index is 169. The molecule has 15 heavy (non-hydrogen) atoms. The number of hydrogen-bond donors (Lipinski definition) is 1. The normalized spacial score (nSPS) is 15.0. The summed E-state index contributed by atoms with van der Waals surface area (Å²) < 4.78 is 36.6. The molecule has 0 aliphatic rings. The van der Waals surface area contributed by atoms with Crippen LogP contribution in [0.15, 0.2) is 0 Å². The fraction of sp³-hybridized carbons (Fsp3) is 1.00. The molecule has 0 radical (unpaired) electrons. The smallest absolute Gasteiger partial charge is 0.330 e. The van der Waals surface area contributed by atoms with Crippen LogP contribution in [0.1, 0.15) is 27.2 Å². The first kappa shape index (κ1) is 14.7. The molecule has 0 aromatic heterocycles. The second kappa shape index (κ2) is 6.33. The van der Waals surface area contributed by atoms with E-state index >= 15 is 0 Å². The van der Waals surface area contributed by atoms with E-state index in [1.807, 2.05) is 6.92 Å². The number of alkyl halides is 3. The molecular formula is C10H21F3N2. The van der Waals surface area contributed by atoms with E-state index in [1.54, 1.807) is 13.8 Å². The molecule has 0 rings (SSSR count). The van der Waals surface area contributed by atoms with Gasteiger partial charge in [-0.05, 0) is 39.3 Å². The van der Waals surface area contributed by atoms with Gasteiger partial charge < -0.3 is 5.73 Å². The lowest BCUT2D eigenvalue weighted by atomic mass is 10.1. The number of nitrogens with zero attached hydrogens (tertiary/aromatic N) is 1. The van der Waals surface area contributed by atoms with E-state index in [9.17, 15) is 13.2 Å². The molecular weight excluding hydrogens is 205 g/mol. The van der Waals surface area contributed by atoms with Crippen LogP contribution >= 0.6 is 0 Å². The number of halogens is 3. The lowest BCUT2D eigenvalue weighted by Crippen LogP contribution is -2.40. The maximum Gasteiger partial charge on any atom is 0.401 e. The largest absolute Gasteiger partial charge is 0.401 e. The highest BCUT2D eigenvalue weighted by atomic mass is 19.4. The third-order valence-corrected chi connectivity index (χ3v) is 2.42. The molecule has 0 amide bonds. The van der Waals surface area contributed by atoms with Gasteiger partial charge in [0.1, 0.15) is 0 Å².